The van der Waals surface area contributed by atoms with Crippen molar-refractivity contribution < 1.29 is 35.7 Å². The van der Waals surface area contributed by atoms with Gasteiger partial charge < -0.3 is 5.32 Å². The Balaban J connectivity index is 1.63. The fraction of sp³-hybridized carbons (Fsp3) is 0.387. The molecule has 3 rings (SSSR count). The Morgan fingerprint density at radius 1 is 0.886 bits per heavy atom. The van der Waals surface area contributed by atoms with Crippen molar-refractivity contribution in [1.29, 1.82) is 0 Å². The number of aryl methyl sites for hydroxylation is 1. The summed E-state index contributed by atoms with van der Waals surface area (Å²) >= 11 is 0. The molecule has 0 aliphatic rings. The van der Waals surface area contributed by atoms with Gasteiger partial charge in [0.25, 0.3) is 15.9 Å². The van der Waals surface area contributed by atoms with Crippen LogP contribution in [0.2, 0.25) is 0 Å². The number of nitrogens with zero attached hydrogens (tertiary/aromatic N) is 1. The van der Waals surface area contributed by atoms with E-state index < -0.39 is 22.1 Å². The number of hydrogen-bond acceptors (Lipinski definition) is 5. The first-order valence-electron chi connectivity index (χ1n) is 14.5. The molecule has 3 aromatic rings. The lowest BCUT2D eigenvalue weighted by molar-refractivity contribution is -0.684. The predicted molar refractivity (Wildman–Crippen MR) is 163 cm³/mol. The number of sulfonamides is 1. The highest BCUT2D eigenvalue weighted by atomic mass is 32.2. The van der Waals surface area contributed by atoms with Gasteiger partial charge in [-0.15, -0.1) is 0 Å². The summed E-state index contributed by atoms with van der Waals surface area (Å²) in [7, 11) is -4.08. The Morgan fingerprint density at radius 2 is 1.48 bits per heavy atom. The second-order valence-electron chi connectivity index (χ2n) is 10.6. The average Bonchev–Trinajstić information content (AvgIpc) is 2.97. The standard InChI is InChI=1S/C31H38F3N5O4S/c1-4-6-8-23(9-7-5-2)24-16-18-39(19-17-24)21-29(40)35-28-20-27(15-10-22(28)3)44(42,43)38-26-13-11-25(12-14-26)36-37-30(41)31(32,33)34/h10-20,23,36,38H,4-9,21H2,1-3H3,(H-,35,37,40,41)/p+1. The summed E-state index contributed by atoms with van der Waals surface area (Å²) in [5.41, 5.74) is 6.13. The molecule has 13 heteroatoms. The van der Waals surface area contributed by atoms with Crippen molar-refractivity contribution in [2.75, 3.05) is 15.5 Å². The third kappa shape index (κ3) is 10.2. The Bertz CT molecular complexity index is 1500. The van der Waals surface area contributed by atoms with E-state index in [9.17, 15) is 31.2 Å². The van der Waals surface area contributed by atoms with E-state index >= 15 is 0 Å². The van der Waals surface area contributed by atoms with E-state index in [-0.39, 0.29) is 28.7 Å². The molecule has 2 amide bonds. The molecule has 0 atom stereocenters. The lowest BCUT2D eigenvalue weighted by Gasteiger charge is -2.16. The quantitative estimate of drug-likeness (QED) is 0.117. The molecule has 0 saturated carbocycles. The number of hydrazine groups is 1. The summed E-state index contributed by atoms with van der Waals surface area (Å²) in [6.07, 6.45) is 5.66. The number of rotatable bonds is 15. The molecule has 9 nitrogen and oxygen atoms in total. The first-order chi connectivity index (χ1) is 20.8. The van der Waals surface area contributed by atoms with Gasteiger partial charge in [0.15, 0.2) is 12.4 Å². The summed E-state index contributed by atoms with van der Waals surface area (Å²) in [6, 6.07) is 13.7. The number of benzene rings is 2. The second-order valence-corrected chi connectivity index (χ2v) is 12.3. The minimum Gasteiger partial charge on any atom is -0.320 e. The van der Waals surface area contributed by atoms with Gasteiger partial charge in [-0.05, 0) is 73.2 Å². The molecule has 0 unspecified atom stereocenters. The van der Waals surface area contributed by atoms with Gasteiger partial charge in [-0.3, -0.25) is 25.2 Å². The van der Waals surface area contributed by atoms with E-state index in [0.717, 1.165) is 25.7 Å². The molecule has 4 N–H and O–H groups in total. The third-order valence-corrected chi connectivity index (χ3v) is 8.41. The van der Waals surface area contributed by atoms with Crippen LogP contribution in [-0.4, -0.2) is 26.4 Å². The molecule has 0 aliphatic carbocycles. The Morgan fingerprint density at radius 3 is 2.05 bits per heavy atom. The van der Waals surface area contributed by atoms with Gasteiger partial charge in [-0.25, -0.2) is 8.42 Å². The molecule has 238 valence electrons. The van der Waals surface area contributed by atoms with Gasteiger partial charge in [0.1, 0.15) is 0 Å². The van der Waals surface area contributed by atoms with Crippen molar-refractivity contribution in [3.05, 3.63) is 78.1 Å². The second kappa shape index (κ2) is 15.6. The Hall–Kier alpha value is -4.13. The number of nitrogens with one attached hydrogen (secondary N) is 4. The first-order valence-corrected chi connectivity index (χ1v) is 16.0. The number of amides is 2. The fourth-order valence-electron chi connectivity index (χ4n) is 4.52. The van der Waals surface area contributed by atoms with Crippen LogP contribution in [0, 0.1) is 6.92 Å². The highest BCUT2D eigenvalue weighted by Crippen LogP contribution is 2.27. The molecule has 0 aliphatic heterocycles. The molecule has 0 spiro atoms. The van der Waals surface area contributed by atoms with Crippen molar-refractivity contribution in [1.82, 2.24) is 5.43 Å². The van der Waals surface area contributed by atoms with Crippen molar-refractivity contribution in [3.8, 4) is 0 Å². The van der Waals surface area contributed by atoms with E-state index in [1.54, 1.807) is 17.6 Å². The van der Waals surface area contributed by atoms with E-state index in [0.29, 0.717) is 17.2 Å². The molecule has 0 saturated heterocycles. The molecule has 1 heterocycles. The van der Waals surface area contributed by atoms with Crippen LogP contribution in [0.25, 0.3) is 0 Å². The van der Waals surface area contributed by atoms with Crippen LogP contribution in [0.5, 0.6) is 0 Å². The van der Waals surface area contributed by atoms with E-state index in [1.807, 2.05) is 12.4 Å². The van der Waals surface area contributed by atoms with Crippen LogP contribution in [0.15, 0.2) is 71.9 Å². The minimum atomic E-state index is -5.05. The number of unbranched alkanes of at least 4 members (excludes halogenated alkanes) is 2. The minimum absolute atomic E-state index is 0.0490. The van der Waals surface area contributed by atoms with Gasteiger partial charge >= 0.3 is 12.1 Å². The molecular formula is C31H39F3N5O4S+. The molecule has 0 bridgehead atoms. The van der Waals surface area contributed by atoms with Crippen molar-refractivity contribution in [2.24, 2.45) is 0 Å². The summed E-state index contributed by atoms with van der Waals surface area (Å²) < 4.78 is 67.3. The highest BCUT2D eigenvalue weighted by molar-refractivity contribution is 7.92. The number of hydrogen-bond donors (Lipinski definition) is 4. The van der Waals surface area contributed by atoms with Crippen LogP contribution in [-0.2, 0) is 26.2 Å². The number of carbonyl (C=O) groups excluding carboxylic acids is 2. The number of alkyl halides is 3. The van der Waals surface area contributed by atoms with Crippen molar-refractivity contribution >= 4 is 38.9 Å². The van der Waals surface area contributed by atoms with Crippen LogP contribution >= 0.6 is 0 Å². The Labute approximate surface area is 256 Å². The topological polar surface area (TPSA) is 120 Å². The molecule has 0 radical (unpaired) electrons. The predicted octanol–water partition coefficient (Wildman–Crippen LogP) is 6.19. The van der Waals surface area contributed by atoms with E-state index in [2.05, 4.69) is 41.4 Å². The number of pyridine rings is 1. The third-order valence-electron chi connectivity index (χ3n) is 7.04. The van der Waals surface area contributed by atoms with Gasteiger partial charge in [-0.2, -0.15) is 17.7 Å². The van der Waals surface area contributed by atoms with E-state index in [1.165, 1.54) is 60.2 Å². The maximum absolute atomic E-state index is 13.0. The zero-order valence-corrected chi connectivity index (χ0v) is 25.8. The maximum Gasteiger partial charge on any atom is 0.472 e. The zero-order valence-electron chi connectivity index (χ0n) is 25.0. The molecule has 2 aromatic carbocycles. The van der Waals surface area contributed by atoms with Crippen LogP contribution in [0.1, 0.15) is 69.4 Å². The molecule has 0 fully saturated rings. The SMILES string of the molecule is CCCCC(CCCC)c1cc[n+](CC(=O)Nc2cc(S(=O)(=O)Nc3ccc(NNC(=O)C(F)(F)F)cc3)ccc2C)cc1. The van der Waals surface area contributed by atoms with Crippen molar-refractivity contribution in [2.45, 2.75) is 82.8 Å². The fourth-order valence-corrected chi connectivity index (χ4v) is 5.60. The first kappa shape index (κ1) is 34.4. The largest absolute Gasteiger partial charge is 0.472 e. The molecule has 1 aromatic heterocycles. The Kier molecular flexibility index (Phi) is 12.1. The summed E-state index contributed by atoms with van der Waals surface area (Å²) in [6.45, 7) is 6.17. The number of anilines is 3. The number of halogens is 3. The smallest absolute Gasteiger partial charge is 0.320 e. The van der Waals surface area contributed by atoms with Gasteiger partial charge in [0.2, 0.25) is 6.54 Å². The highest BCUT2D eigenvalue weighted by Gasteiger charge is 2.38. The summed E-state index contributed by atoms with van der Waals surface area (Å²) in [5, 5.41) is 2.79. The van der Waals surface area contributed by atoms with Gasteiger partial charge in [-0.1, -0.05) is 45.6 Å². The van der Waals surface area contributed by atoms with Crippen LogP contribution < -0.4 is 25.5 Å². The van der Waals surface area contributed by atoms with Gasteiger partial charge in [0.05, 0.1) is 10.6 Å². The monoisotopic (exact) mass is 634 g/mol. The molecular weight excluding hydrogens is 595 g/mol. The average molecular weight is 635 g/mol. The lowest BCUT2D eigenvalue weighted by Crippen LogP contribution is -2.40. The van der Waals surface area contributed by atoms with Crippen molar-refractivity contribution in [3.63, 3.8) is 0 Å². The normalized spacial score (nSPS) is 11.7. The van der Waals surface area contributed by atoms with Gasteiger partial charge in [0, 0.05) is 23.5 Å². The lowest BCUT2D eigenvalue weighted by atomic mass is 9.90. The summed E-state index contributed by atoms with van der Waals surface area (Å²) in [4.78, 5) is 23.7. The number of carbonyl (C=O) groups is 2. The summed E-state index contributed by atoms with van der Waals surface area (Å²) in [5.74, 6) is -1.99. The van der Waals surface area contributed by atoms with E-state index in [4.69, 9.17) is 0 Å². The molecule has 44 heavy (non-hydrogen) atoms. The van der Waals surface area contributed by atoms with Crippen LogP contribution in [0.4, 0.5) is 30.2 Å². The zero-order chi connectivity index (χ0) is 32.3. The van der Waals surface area contributed by atoms with Crippen LogP contribution in [0.3, 0.4) is 0 Å². The number of aromatic nitrogens is 1. The maximum atomic E-state index is 13.0.